The van der Waals surface area contributed by atoms with Gasteiger partial charge >= 0.3 is 5.97 Å². The first-order valence-electron chi connectivity index (χ1n) is 9.86. The van der Waals surface area contributed by atoms with Crippen LogP contribution in [-0.4, -0.2) is 75.4 Å². The number of ether oxygens (including phenoxy) is 3. The molecule has 2 rings (SSSR count). The summed E-state index contributed by atoms with van der Waals surface area (Å²) in [5.74, 6) is -0.930. The monoisotopic (exact) mass is 414 g/mol. The smallest absolute Gasteiger partial charge is 0.342 e. The Morgan fingerprint density at radius 2 is 1.79 bits per heavy atom. The lowest BCUT2D eigenvalue weighted by Crippen LogP contribution is -2.60. The highest BCUT2D eigenvalue weighted by Crippen LogP contribution is 2.29. The van der Waals surface area contributed by atoms with Crippen LogP contribution in [0.1, 0.15) is 49.4 Å². The van der Waals surface area contributed by atoms with E-state index in [4.69, 9.17) is 14.2 Å². The number of unbranched alkanes of at least 4 members (excludes halogenated alkanes) is 4. The van der Waals surface area contributed by atoms with Crippen molar-refractivity contribution in [1.29, 1.82) is 0 Å². The zero-order valence-corrected chi connectivity index (χ0v) is 16.4. The number of phenols is 1. The SMILES string of the molecule is CCCCCCCOC(=O)c1cc(O)ccc1O[C@@H]1O[C@H](CO)[C@@H](O)[C@H](O)[C@H]1O. The first kappa shape index (κ1) is 23.4. The van der Waals surface area contributed by atoms with Gasteiger partial charge in [0, 0.05) is 0 Å². The number of aliphatic hydroxyl groups is 4. The molecule has 1 fully saturated rings. The van der Waals surface area contributed by atoms with Crippen LogP contribution >= 0.6 is 0 Å². The summed E-state index contributed by atoms with van der Waals surface area (Å²) in [6.07, 6.45) is -2.39. The van der Waals surface area contributed by atoms with Crippen LogP contribution in [0.4, 0.5) is 0 Å². The minimum atomic E-state index is -1.62. The number of aliphatic hydroxyl groups excluding tert-OH is 4. The summed E-state index contributed by atoms with van der Waals surface area (Å²) >= 11 is 0. The number of hydrogen-bond donors (Lipinski definition) is 5. The Bertz CT molecular complexity index is 649. The van der Waals surface area contributed by atoms with Crippen molar-refractivity contribution in [2.24, 2.45) is 0 Å². The van der Waals surface area contributed by atoms with Crippen LogP contribution in [0.15, 0.2) is 18.2 Å². The van der Waals surface area contributed by atoms with Crippen molar-refractivity contribution in [1.82, 2.24) is 0 Å². The fourth-order valence-corrected chi connectivity index (χ4v) is 3.02. The third kappa shape index (κ3) is 6.28. The highest BCUT2D eigenvalue weighted by atomic mass is 16.7. The zero-order chi connectivity index (χ0) is 21.4. The van der Waals surface area contributed by atoms with Gasteiger partial charge in [0.15, 0.2) is 0 Å². The van der Waals surface area contributed by atoms with Gasteiger partial charge in [0.1, 0.15) is 41.5 Å². The molecule has 0 saturated carbocycles. The van der Waals surface area contributed by atoms with Crippen molar-refractivity contribution in [2.45, 2.75) is 69.7 Å². The average Bonchev–Trinajstić information content (AvgIpc) is 2.71. The second-order valence-electron chi connectivity index (χ2n) is 7.05. The second kappa shape index (κ2) is 11.3. The molecule has 0 bridgehead atoms. The first-order chi connectivity index (χ1) is 13.9. The van der Waals surface area contributed by atoms with E-state index >= 15 is 0 Å². The summed E-state index contributed by atoms with van der Waals surface area (Å²) in [7, 11) is 0. The number of aromatic hydroxyl groups is 1. The number of carbonyl (C=O) groups excluding carboxylic acids is 1. The Balaban J connectivity index is 2.04. The molecule has 5 atom stereocenters. The average molecular weight is 414 g/mol. The van der Waals surface area contributed by atoms with E-state index in [1.807, 2.05) is 0 Å². The maximum Gasteiger partial charge on any atom is 0.342 e. The maximum atomic E-state index is 12.4. The summed E-state index contributed by atoms with van der Waals surface area (Å²) in [6.45, 7) is 1.73. The second-order valence-corrected chi connectivity index (χ2v) is 7.05. The van der Waals surface area contributed by atoms with E-state index in [0.29, 0.717) is 6.42 Å². The quantitative estimate of drug-likeness (QED) is 0.276. The van der Waals surface area contributed by atoms with Gasteiger partial charge in [-0.2, -0.15) is 0 Å². The maximum absolute atomic E-state index is 12.4. The zero-order valence-electron chi connectivity index (χ0n) is 16.4. The van der Waals surface area contributed by atoms with Crippen LogP contribution in [0.25, 0.3) is 0 Å². The predicted molar refractivity (Wildman–Crippen MR) is 102 cm³/mol. The van der Waals surface area contributed by atoms with E-state index in [9.17, 15) is 30.3 Å². The molecule has 0 unspecified atom stereocenters. The topological polar surface area (TPSA) is 146 Å². The lowest BCUT2D eigenvalue weighted by atomic mass is 9.99. The molecule has 0 spiro atoms. The van der Waals surface area contributed by atoms with Gasteiger partial charge in [-0.3, -0.25) is 0 Å². The molecule has 0 aromatic heterocycles. The number of phenolic OH excluding ortho intramolecular Hbond substituents is 1. The summed E-state index contributed by atoms with van der Waals surface area (Å²) in [4.78, 5) is 12.4. The van der Waals surface area contributed by atoms with Gasteiger partial charge in [0.2, 0.25) is 6.29 Å². The largest absolute Gasteiger partial charge is 0.508 e. The Hall–Kier alpha value is -1.91. The Labute approximate surface area is 169 Å². The fraction of sp³-hybridized carbons (Fsp3) is 0.650. The van der Waals surface area contributed by atoms with Gasteiger partial charge in [-0.05, 0) is 24.6 Å². The van der Waals surface area contributed by atoms with Crippen molar-refractivity contribution in [3.63, 3.8) is 0 Å². The summed E-state index contributed by atoms with van der Waals surface area (Å²) in [5, 5.41) is 48.8. The number of carbonyl (C=O) groups is 1. The lowest BCUT2D eigenvalue weighted by molar-refractivity contribution is -0.277. The number of esters is 1. The predicted octanol–water partition coefficient (Wildman–Crippen LogP) is 0.698. The van der Waals surface area contributed by atoms with Crippen molar-refractivity contribution in [3.8, 4) is 11.5 Å². The molecule has 5 N–H and O–H groups in total. The van der Waals surface area contributed by atoms with Crippen LogP contribution < -0.4 is 4.74 Å². The van der Waals surface area contributed by atoms with E-state index in [-0.39, 0.29) is 23.7 Å². The third-order valence-corrected chi connectivity index (χ3v) is 4.76. The van der Waals surface area contributed by atoms with E-state index in [2.05, 4.69) is 6.92 Å². The van der Waals surface area contributed by atoms with E-state index in [1.165, 1.54) is 18.2 Å². The van der Waals surface area contributed by atoms with Crippen LogP contribution in [0.3, 0.4) is 0 Å². The highest BCUT2D eigenvalue weighted by Gasteiger charge is 2.45. The first-order valence-corrected chi connectivity index (χ1v) is 9.86. The fourth-order valence-electron chi connectivity index (χ4n) is 3.02. The molecule has 1 saturated heterocycles. The number of benzene rings is 1. The molecule has 0 aliphatic carbocycles. The molecule has 0 amide bonds. The molecule has 1 aliphatic heterocycles. The lowest BCUT2D eigenvalue weighted by Gasteiger charge is -2.39. The molecule has 0 radical (unpaired) electrons. The van der Waals surface area contributed by atoms with Crippen LogP contribution in [0.5, 0.6) is 11.5 Å². The Kier molecular flexibility index (Phi) is 9.12. The van der Waals surface area contributed by atoms with Crippen molar-refractivity contribution >= 4 is 5.97 Å². The molecule has 164 valence electrons. The molecule has 9 nitrogen and oxygen atoms in total. The van der Waals surface area contributed by atoms with Gasteiger partial charge in [0.25, 0.3) is 0 Å². The summed E-state index contributed by atoms with van der Waals surface area (Å²) in [5.41, 5.74) is -0.0736. The van der Waals surface area contributed by atoms with Crippen molar-refractivity contribution in [3.05, 3.63) is 23.8 Å². The van der Waals surface area contributed by atoms with Crippen LogP contribution in [0, 0.1) is 0 Å². The Morgan fingerprint density at radius 3 is 2.48 bits per heavy atom. The highest BCUT2D eigenvalue weighted by molar-refractivity contribution is 5.93. The molecule has 1 aliphatic rings. The Morgan fingerprint density at radius 1 is 1.07 bits per heavy atom. The van der Waals surface area contributed by atoms with Crippen molar-refractivity contribution < 1.29 is 44.5 Å². The third-order valence-electron chi connectivity index (χ3n) is 4.76. The molecule has 1 aromatic carbocycles. The summed E-state index contributed by atoms with van der Waals surface area (Å²) in [6, 6.07) is 3.74. The minimum Gasteiger partial charge on any atom is -0.508 e. The van der Waals surface area contributed by atoms with Crippen LogP contribution in [0.2, 0.25) is 0 Å². The van der Waals surface area contributed by atoms with Crippen LogP contribution in [-0.2, 0) is 9.47 Å². The molecule has 1 heterocycles. The molecular formula is C20H30O9. The van der Waals surface area contributed by atoms with Gasteiger partial charge in [0.05, 0.1) is 13.2 Å². The summed E-state index contributed by atoms with van der Waals surface area (Å²) < 4.78 is 16.0. The van der Waals surface area contributed by atoms with Gasteiger partial charge in [-0.15, -0.1) is 0 Å². The van der Waals surface area contributed by atoms with Gasteiger partial charge in [-0.1, -0.05) is 32.6 Å². The minimum absolute atomic E-state index is 0.0388. The number of hydrogen-bond acceptors (Lipinski definition) is 9. The van der Waals surface area contributed by atoms with E-state index in [1.54, 1.807) is 0 Å². The molecule has 1 aromatic rings. The molecule has 9 heteroatoms. The molecular weight excluding hydrogens is 384 g/mol. The molecule has 29 heavy (non-hydrogen) atoms. The van der Waals surface area contributed by atoms with Gasteiger partial charge < -0.3 is 39.7 Å². The number of rotatable bonds is 10. The van der Waals surface area contributed by atoms with Gasteiger partial charge in [-0.25, -0.2) is 4.79 Å². The van der Waals surface area contributed by atoms with E-state index in [0.717, 1.165) is 25.7 Å². The van der Waals surface area contributed by atoms with E-state index < -0.39 is 43.3 Å². The standard InChI is InChI=1S/C20H30O9/c1-2-3-4-5-6-9-27-19(26)13-10-12(22)7-8-14(13)28-20-18(25)17(24)16(23)15(11-21)29-20/h7-8,10,15-18,20-25H,2-6,9,11H2,1H3/t15-,16-,17+,18-,20-/m1/s1. The normalized spacial score (nSPS) is 26.9. The van der Waals surface area contributed by atoms with Crippen molar-refractivity contribution in [2.75, 3.05) is 13.2 Å².